The van der Waals surface area contributed by atoms with E-state index in [2.05, 4.69) is 28.3 Å². The number of carboxylic acid groups (broad SMARTS) is 1. The fraction of sp³-hybridized carbons (Fsp3) is 0.368. The minimum Gasteiger partial charge on any atom is -0.478 e. The smallest absolute Gasteiger partial charge is 0.335 e. The Bertz CT molecular complexity index is 762. The topological polar surface area (TPSA) is 65.5 Å². The first-order chi connectivity index (χ1) is 11.4. The highest BCUT2D eigenvalue weighted by molar-refractivity contribution is 5.88. The fourth-order valence-corrected chi connectivity index (χ4v) is 3.00. The van der Waals surface area contributed by atoms with Gasteiger partial charge in [0.25, 0.3) is 0 Å². The number of aryl methyl sites for hydroxylation is 1. The molecule has 1 aromatic heterocycles. The first-order valence-electron chi connectivity index (χ1n) is 8.14. The standard InChI is InChI=1S/C19H23N3O2.2ClH/c1-13-17(14-4-6-15(7-5-14)18(23)24)10-16(11-21-13)22(3)12-19(20-2)8-9-19;;/h4-7,10-11,20H,8-9,12H2,1-3H3,(H,23,24);2*1H. The summed E-state index contributed by atoms with van der Waals surface area (Å²) in [6, 6.07) is 9.08. The van der Waals surface area contributed by atoms with Crippen LogP contribution in [0.4, 0.5) is 5.69 Å². The van der Waals surface area contributed by atoms with Crippen molar-refractivity contribution in [3.63, 3.8) is 0 Å². The third kappa shape index (κ3) is 4.67. The van der Waals surface area contributed by atoms with E-state index in [4.69, 9.17) is 5.11 Å². The van der Waals surface area contributed by atoms with Gasteiger partial charge in [-0.25, -0.2) is 4.79 Å². The number of anilines is 1. The molecule has 26 heavy (non-hydrogen) atoms. The number of hydrogen-bond donors (Lipinski definition) is 2. The number of aromatic nitrogens is 1. The predicted octanol–water partition coefficient (Wildman–Crippen LogP) is 3.79. The van der Waals surface area contributed by atoms with Gasteiger partial charge in [-0.2, -0.15) is 0 Å². The van der Waals surface area contributed by atoms with Gasteiger partial charge in [0.1, 0.15) is 0 Å². The van der Waals surface area contributed by atoms with Gasteiger partial charge in [0.05, 0.1) is 17.4 Å². The largest absolute Gasteiger partial charge is 0.478 e. The van der Waals surface area contributed by atoms with Gasteiger partial charge < -0.3 is 15.3 Å². The molecule has 0 spiro atoms. The molecule has 0 saturated heterocycles. The summed E-state index contributed by atoms with van der Waals surface area (Å²) in [7, 11) is 4.10. The van der Waals surface area contributed by atoms with Gasteiger partial charge in [-0.1, -0.05) is 12.1 Å². The molecule has 0 aliphatic heterocycles. The lowest BCUT2D eigenvalue weighted by atomic mass is 10.0. The minimum atomic E-state index is -0.910. The third-order valence-corrected chi connectivity index (χ3v) is 4.88. The first kappa shape index (κ1) is 22.2. The van der Waals surface area contributed by atoms with Crippen molar-refractivity contribution in [1.29, 1.82) is 0 Å². The zero-order valence-electron chi connectivity index (χ0n) is 15.2. The van der Waals surface area contributed by atoms with Gasteiger partial charge in [0.15, 0.2) is 0 Å². The van der Waals surface area contributed by atoms with Crippen molar-refractivity contribution in [2.75, 3.05) is 25.5 Å². The summed E-state index contributed by atoms with van der Waals surface area (Å²) in [4.78, 5) is 17.8. The second kappa shape index (κ2) is 8.71. The number of halogens is 2. The van der Waals surface area contributed by atoms with Crippen molar-refractivity contribution in [1.82, 2.24) is 10.3 Å². The molecule has 3 rings (SSSR count). The maximum Gasteiger partial charge on any atom is 0.335 e. The highest BCUT2D eigenvalue weighted by atomic mass is 35.5. The van der Waals surface area contributed by atoms with Crippen LogP contribution in [-0.2, 0) is 0 Å². The quantitative estimate of drug-likeness (QED) is 0.775. The van der Waals surface area contributed by atoms with Gasteiger partial charge in [-0.3, -0.25) is 4.98 Å². The third-order valence-electron chi connectivity index (χ3n) is 4.88. The van der Waals surface area contributed by atoms with E-state index in [0.29, 0.717) is 5.56 Å². The molecular formula is C19H25Cl2N3O2. The van der Waals surface area contributed by atoms with Crippen LogP contribution in [0.2, 0.25) is 0 Å². The number of carboxylic acids is 1. The van der Waals surface area contributed by atoms with Crippen LogP contribution < -0.4 is 10.2 Å². The average molecular weight is 398 g/mol. The van der Waals surface area contributed by atoms with E-state index in [1.807, 2.05) is 32.3 Å². The molecule has 1 aliphatic rings. The molecule has 1 heterocycles. The number of benzene rings is 1. The summed E-state index contributed by atoms with van der Waals surface area (Å²) < 4.78 is 0. The molecule has 5 nitrogen and oxygen atoms in total. The summed E-state index contributed by atoms with van der Waals surface area (Å²) in [6.07, 6.45) is 4.31. The number of likely N-dealkylation sites (N-methyl/N-ethyl adjacent to an activating group) is 2. The Labute approximate surface area is 166 Å². The minimum absolute atomic E-state index is 0. The van der Waals surface area contributed by atoms with Crippen LogP contribution >= 0.6 is 24.8 Å². The summed E-state index contributed by atoms with van der Waals surface area (Å²) in [6.45, 7) is 2.92. The average Bonchev–Trinajstić information content (AvgIpc) is 3.35. The number of aromatic carboxylic acids is 1. The number of carbonyl (C=O) groups is 1. The summed E-state index contributed by atoms with van der Waals surface area (Å²) in [5.41, 5.74) is 4.55. The van der Waals surface area contributed by atoms with Crippen LogP contribution in [0.1, 0.15) is 28.9 Å². The molecule has 7 heteroatoms. The zero-order chi connectivity index (χ0) is 17.3. The molecule has 2 N–H and O–H groups in total. The van der Waals surface area contributed by atoms with Crippen LogP contribution in [0, 0.1) is 6.92 Å². The Hall–Kier alpha value is -1.82. The van der Waals surface area contributed by atoms with E-state index < -0.39 is 5.97 Å². The lowest BCUT2D eigenvalue weighted by Gasteiger charge is -2.25. The molecule has 0 amide bonds. The lowest BCUT2D eigenvalue weighted by molar-refractivity contribution is 0.0697. The number of nitrogens with zero attached hydrogens (tertiary/aromatic N) is 2. The van der Waals surface area contributed by atoms with Crippen molar-refractivity contribution in [3.05, 3.63) is 47.8 Å². The van der Waals surface area contributed by atoms with Gasteiger partial charge in [-0.05, 0) is 50.6 Å². The molecule has 0 unspecified atom stereocenters. The molecule has 1 saturated carbocycles. The van der Waals surface area contributed by atoms with Crippen molar-refractivity contribution in [2.24, 2.45) is 0 Å². The maximum absolute atomic E-state index is 11.0. The van der Waals surface area contributed by atoms with E-state index in [-0.39, 0.29) is 30.4 Å². The van der Waals surface area contributed by atoms with Gasteiger partial charge in [0.2, 0.25) is 0 Å². The zero-order valence-corrected chi connectivity index (χ0v) is 16.8. The summed E-state index contributed by atoms with van der Waals surface area (Å²) in [5.74, 6) is -0.910. The van der Waals surface area contributed by atoms with E-state index in [1.165, 1.54) is 12.8 Å². The molecule has 1 aromatic carbocycles. The molecule has 2 aromatic rings. The van der Waals surface area contributed by atoms with E-state index in [9.17, 15) is 4.79 Å². The SMILES string of the molecule is CNC1(CN(C)c2cnc(C)c(-c3ccc(C(=O)O)cc3)c2)CC1.Cl.Cl. The molecule has 0 atom stereocenters. The Morgan fingerprint density at radius 2 is 1.88 bits per heavy atom. The van der Waals surface area contributed by atoms with Gasteiger partial charge >= 0.3 is 5.97 Å². The van der Waals surface area contributed by atoms with E-state index >= 15 is 0 Å². The normalized spacial score (nSPS) is 14.0. The van der Waals surface area contributed by atoms with Gasteiger partial charge in [0, 0.05) is 30.4 Å². The Morgan fingerprint density at radius 1 is 1.27 bits per heavy atom. The molecular weight excluding hydrogens is 373 g/mol. The monoisotopic (exact) mass is 397 g/mol. The number of hydrogen-bond acceptors (Lipinski definition) is 4. The van der Waals surface area contributed by atoms with Crippen LogP contribution in [0.5, 0.6) is 0 Å². The second-order valence-electron chi connectivity index (χ2n) is 6.60. The molecule has 1 fully saturated rings. The van der Waals surface area contributed by atoms with Gasteiger partial charge in [-0.15, -0.1) is 24.8 Å². The van der Waals surface area contributed by atoms with Crippen LogP contribution in [-0.4, -0.2) is 42.2 Å². The number of pyridine rings is 1. The Balaban J connectivity index is 0.00000169. The van der Waals surface area contributed by atoms with Crippen molar-refractivity contribution in [3.8, 4) is 11.1 Å². The summed E-state index contributed by atoms with van der Waals surface area (Å²) in [5, 5.41) is 12.4. The van der Waals surface area contributed by atoms with Crippen molar-refractivity contribution < 1.29 is 9.90 Å². The maximum atomic E-state index is 11.0. The summed E-state index contributed by atoms with van der Waals surface area (Å²) >= 11 is 0. The van der Waals surface area contributed by atoms with Crippen molar-refractivity contribution >= 4 is 36.5 Å². The lowest BCUT2D eigenvalue weighted by Crippen LogP contribution is -2.39. The second-order valence-corrected chi connectivity index (χ2v) is 6.60. The van der Waals surface area contributed by atoms with Crippen LogP contribution in [0.3, 0.4) is 0 Å². The number of rotatable bonds is 6. The van der Waals surface area contributed by atoms with Crippen LogP contribution in [0.25, 0.3) is 11.1 Å². The first-order valence-corrected chi connectivity index (χ1v) is 8.14. The molecule has 0 radical (unpaired) electrons. The van der Waals surface area contributed by atoms with Crippen LogP contribution in [0.15, 0.2) is 36.5 Å². The molecule has 1 aliphatic carbocycles. The Kier molecular flexibility index (Phi) is 7.45. The highest BCUT2D eigenvalue weighted by Crippen LogP contribution is 2.36. The number of nitrogens with one attached hydrogen (secondary N) is 1. The molecule has 0 bridgehead atoms. The van der Waals surface area contributed by atoms with E-state index in [0.717, 1.165) is 29.1 Å². The predicted molar refractivity (Wildman–Crippen MR) is 110 cm³/mol. The Morgan fingerprint density at radius 3 is 2.38 bits per heavy atom. The highest BCUT2D eigenvalue weighted by Gasteiger charge is 2.41. The van der Waals surface area contributed by atoms with E-state index in [1.54, 1.807) is 12.1 Å². The van der Waals surface area contributed by atoms with Crippen molar-refractivity contribution in [2.45, 2.75) is 25.3 Å². The fourth-order valence-electron chi connectivity index (χ4n) is 3.00. The molecule has 142 valence electrons.